The second-order valence-electron chi connectivity index (χ2n) is 5.55. The third kappa shape index (κ3) is 3.68. The summed E-state index contributed by atoms with van der Waals surface area (Å²) in [6, 6.07) is 3.65. The Kier molecular flexibility index (Phi) is 5.18. The van der Waals surface area contributed by atoms with Crippen LogP contribution in [0.3, 0.4) is 0 Å². The van der Waals surface area contributed by atoms with Crippen LogP contribution in [0.4, 0.5) is 4.79 Å². The average molecular weight is 397 g/mol. The molecule has 0 aliphatic carbocycles. The molecule has 1 aromatic rings. The van der Waals surface area contributed by atoms with E-state index in [2.05, 4.69) is 5.32 Å². The highest BCUT2D eigenvalue weighted by atomic mass is 32.2. The Morgan fingerprint density at radius 3 is 2.77 bits per heavy atom. The van der Waals surface area contributed by atoms with Gasteiger partial charge in [-0.3, -0.25) is 14.5 Å². The van der Waals surface area contributed by atoms with Crippen molar-refractivity contribution < 1.29 is 29.0 Å². The maximum atomic E-state index is 12.3. The van der Waals surface area contributed by atoms with Gasteiger partial charge in [-0.2, -0.15) is 0 Å². The molecule has 9 nitrogen and oxygen atoms in total. The molecular formula is C15H15N3O6S2. The normalized spacial score (nSPS) is 21.7. The van der Waals surface area contributed by atoms with Crippen molar-refractivity contribution in [3.05, 3.63) is 33.7 Å². The fraction of sp³-hybridized carbons (Fsp3) is 0.333. The Balaban J connectivity index is 1.84. The molecule has 4 N–H and O–H groups in total. The number of primary amides is 1. The van der Waals surface area contributed by atoms with Gasteiger partial charge in [-0.1, -0.05) is 6.07 Å². The molecule has 3 amide bonds. The highest BCUT2D eigenvalue weighted by Crippen LogP contribution is 2.43. The van der Waals surface area contributed by atoms with Crippen molar-refractivity contribution in [1.29, 1.82) is 0 Å². The van der Waals surface area contributed by atoms with Gasteiger partial charge in [0.25, 0.3) is 0 Å². The Bertz CT molecular complexity index is 791. The number of nitrogens with two attached hydrogens (primary N) is 1. The molecule has 26 heavy (non-hydrogen) atoms. The number of fused-ring (bicyclic) bond motifs is 1. The molecule has 2 atom stereocenters. The Morgan fingerprint density at radius 2 is 2.19 bits per heavy atom. The number of carboxylic acid groups (broad SMARTS) is 1. The molecule has 2 aliphatic heterocycles. The standard InChI is InChI=1S/C15H15N3O6S2/c16-15(23)24-6-8-12(14(21)22)18-10(20)5-11(18)26-13(8)17-9(19)4-7-2-1-3-25-7/h1-3,11,13H,4-6H2,(H2,16,23)(H,17,19)(H,21,22)/t11-,13?/m1/s1. The summed E-state index contributed by atoms with van der Waals surface area (Å²) in [6.07, 6.45) is -0.746. The lowest BCUT2D eigenvalue weighted by Gasteiger charge is -2.46. The minimum atomic E-state index is -1.33. The first kappa shape index (κ1) is 18.3. The smallest absolute Gasteiger partial charge is 0.404 e. The van der Waals surface area contributed by atoms with E-state index < -0.39 is 24.0 Å². The quantitative estimate of drug-likeness (QED) is 0.593. The largest absolute Gasteiger partial charge is 0.477 e. The number of hydrogen-bond donors (Lipinski definition) is 3. The fourth-order valence-corrected chi connectivity index (χ4v) is 4.85. The number of aliphatic carboxylic acids is 1. The van der Waals surface area contributed by atoms with Crippen molar-refractivity contribution in [2.75, 3.05) is 6.61 Å². The minimum absolute atomic E-state index is 0.116. The van der Waals surface area contributed by atoms with Crippen LogP contribution in [0.25, 0.3) is 0 Å². The van der Waals surface area contributed by atoms with Gasteiger partial charge >= 0.3 is 12.1 Å². The van der Waals surface area contributed by atoms with E-state index >= 15 is 0 Å². The van der Waals surface area contributed by atoms with Crippen LogP contribution in [-0.2, 0) is 25.5 Å². The Hall–Kier alpha value is -2.53. The summed E-state index contributed by atoms with van der Waals surface area (Å²) in [5.41, 5.74) is 4.81. The van der Waals surface area contributed by atoms with Crippen LogP contribution in [0.1, 0.15) is 11.3 Å². The zero-order valence-electron chi connectivity index (χ0n) is 13.3. The zero-order valence-corrected chi connectivity index (χ0v) is 15.0. The number of thioether (sulfide) groups is 1. The summed E-state index contributed by atoms with van der Waals surface area (Å²) in [7, 11) is 0. The molecule has 1 fully saturated rings. The third-order valence-corrected chi connectivity index (χ3v) is 6.08. The van der Waals surface area contributed by atoms with Gasteiger partial charge < -0.3 is 20.9 Å². The second-order valence-corrected chi connectivity index (χ2v) is 7.87. The lowest BCUT2D eigenvalue weighted by molar-refractivity contribution is -0.146. The van der Waals surface area contributed by atoms with Crippen LogP contribution in [0.15, 0.2) is 28.8 Å². The first-order valence-corrected chi connectivity index (χ1v) is 9.37. The lowest BCUT2D eigenvalue weighted by Crippen LogP contribution is -2.57. The van der Waals surface area contributed by atoms with Crippen LogP contribution < -0.4 is 11.1 Å². The summed E-state index contributed by atoms with van der Waals surface area (Å²) in [5.74, 6) is -1.96. The molecule has 0 spiro atoms. The molecule has 138 valence electrons. The number of hydrogen-bond acceptors (Lipinski definition) is 7. The predicted molar refractivity (Wildman–Crippen MR) is 93.0 cm³/mol. The molecule has 0 saturated carbocycles. The van der Waals surface area contributed by atoms with Crippen LogP contribution in [0.2, 0.25) is 0 Å². The number of nitrogens with zero attached hydrogens (tertiary/aromatic N) is 1. The van der Waals surface area contributed by atoms with E-state index in [0.717, 1.165) is 9.78 Å². The van der Waals surface area contributed by atoms with Gasteiger partial charge in [-0.15, -0.1) is 23.1 Å². The van der Waals surface area contributed by atoms with Crippen molar-refractivity contribution >= 4 is 47.0 Å². The van der Waals surface area contributed by atoms with Crippen molar-refractivity contribution in [2.24, 2.45) is 5.73 Å². The Labute approximate surface area is 156 Å². The van der Waals surface area contributed by atoms with E-state index in [0.29, 0.717) is 0 Å². The van der Waals surface area contributed by atoms with E-state index in [-0.39, 0.29) is 41.3 Å². The van der Waals surface area contributed by atoms with Crippen LogP contribution in [-0.4, -0.2) is 51.2 Å². The van der Waals surface area contributed by atoms with Gasteiger partial charge in [0.05, 0.1) is 18.2 Å². The number of β-lactam (4-membered cyclic amide) rings is 1. The van der Waals surface area contributed by atoms with Gasteiger partial charge in [-0.25, -0.2) is 9.59 Å². The van der Waals surface area contributed by atoms with Crippen molar-refractivity contribution in [3.8, 4) is 0 Å². The summed E-state index contributed by atoms with van der Waals surface area (Å²) in [4.78, 5) is 48.7. The van der Waals surface area contributed by atoms with Gasteiger partial charge in [0.1, 0.15) is 17.7 Å². The van der Waals surface area contributed by atoms with Crippen LogP contribution in [0.5, 0.6) is 0 Å². The molecule has 0 aromatic carbocycles. The summed E-state index contributed by atoms with van der Waals surface area (Å²) in [6.45, 7) is -0.426. The zero-order chi connectivity index (χ0) is 18.8. The maximum absolute atomic E-state index is 12.3. The minimum Gasteiger partial charge on any atom is -0.477 e. The second kappa shape index (κ2) is 7.38. The number of thiophene rings is 1. The van der Waals surface area contributed by atoms with E-state index in [1.54, 1.807) is 0 Å². The number of nitrogens with one attached hydrogen (secondary N) is 1. The van der Waals surface area contributed by atoms with E-state index in [4.69, 9.17) is 10.5 Å². The van der Waals surface area contributed by atoms with Crippen LogP contribution >= 0.6 is 23.1 Å². The molecule has 11 heteroatoms. The van der Waals surface area contributed by atoms with Crippen molar-refractivity contribution in [3.63, 3.8) is 0 Å². The summed E-state index contributed by atoms with van der Waals surface area (Å²) < 4.78 is 4.74. The van der Waals surface area contributed by atoms with E-state index in [1.807, 2.05) is 17.5 Å². The summed E-state index contributed by atoms with van der Waals surface area (Å²) >= 11 is 2.66. The van der Waals surface area contributed by atoms with Crippen molar-refractivity contribution in [2.45, 2.75) is 23.6 Å². The predicted octanol–water partition coefficient (Wildman–Crippen LogP) is 0.472. The molecule has 0 radical (unpaired) electrons. The number of carbonyl (C=O) groups excluding carboxylic acids is 3. The van der Waals surface area contributed by atoms with Crippen molar-refractivity contribution in [1.82, 2.24) is 10.2 Å². The van der Waals surface area contributed by atoms with Gasteiger partial charge in [0.2, 0.25) is 11.8 Å². The number of rotatable bonds is 6. The Morgan fingerprint density at radius 1 is 1.42 bits per heavy atom. The SMILES string of the molecule is NC(=O)OCC1=C(C(=O)O)N2C(=O)C[C@H]2SC1NC(=O)Cc1cccs1. The van der Waals surface area contributed by atoms with Crippen LogP contribution in [0, 0.1) is 0 Å². The monoisotopic (exact) mass is 397 g/mol. The molecule has 0 bridgehead atoms. The molecule has 3 heterocycles. The lowest BCUT2D eigenvalue weighted by atomic mass is 10.1. The first-order chi connectivity index (χ1) is 12.4. The van der Waals surface area contributed by atoms with E-state index in [1.165, 1.54) is 23.1 Å². The molecule has 1 aromatic heterocycles. The number of amides is 3. The molecule has 1 unspecified atom stereocenters. The first-order valence-electron chi connectivity index (χ1n) is 7.54. The number of carboxylic acids is 1. The highest BCUT2D eigenvalue weighted by Gasteiger charge is 2.49. The number of carbonyl (C=O) groups is 4. The molecule has 1 saturated heterocycles. The highest BCUT2D eigenvalue weighted by molar-refractivity contribution is 8.00. The van der Waals surface area contributed by atoms with Gasteiger partial charge in [-0.05, 0) is 11.4 Å². The molecule has 3 rings (SSSR count). The van der Waals surface area contributed by atoms with Gasteiger partial charge in [0, 0.05) is 10.5 Å². The van der Waals surface area contributed by atoms with E-state index in [9.17, 15) is 24.3 Å². The fourth-order valence-electron chi connectivity index (χ4n) is 2.71. The van der Waals surface area contributed by atoms with Gasteiger partial charge in [0.15, 0.2) is 0 Å². The average Bonchev–Trinajstić information content (AvgIpc) is 3.04. The molecular weight excluding hydrogens is 382 g/mol. The molecule has 2 aliphatic rings. The topological polar surface area (TPSA) is 139 Å². The summed E-state index contributed by atoms with van der Waals surface area (Å²) in [5, 5.41) is 13.0. The number of ether oxygens (including phenoxy) is 1. The maximum Gasteiger partial charge on any atom is 0.404 e. The third-order valence-electron chi connectivity index (χ3n) is 3.84.